The molecule has 0 aromatic heterocycles. The number of aliphatic carboxylic acids is 2. The quantitative estimate of drug-likeness (QED) is 0.179. The minimum absolute atomic E-state index is 0.196. The molecule has 3 aliphatic heterocycles. The number of carbonyl (C=O) groups is 3. The number of carbonyl (C=O) groups excluding carboxylic acids is 1. The van der Waals surface area contributed by atoms with Crippen molar-refractivity contribution in [3.05, 3.63) is 53.1 Å². The van der Waals surface area contributed by atoms with Gasteiger partial charge in [-0.3, -0.25) is 9.69 Å². The second-order valence-electron chi connectivity index (χ2n) is 12.6. The predicted molar refractivity (Wildman–Crippen MR) is 176 cm³/mol. The highest BCUT2D eigenvalue weighted by Crippen LogP contribution is 2.50. The number of rotatable bonds is 9. The third-order valence-electron chi connectivity index (χ3n) is 8.76. The van der Waals surface area contributed by atoms with Crippen LogP contribution < -0.4 is 9.47 Å². The number of benzene rings is 2. The van der Waals surface area contributed by atoms with E-state index in [1.807, 2.05) is 18.2 Å². The summed E-state index contributed by atoms with van der Waals surface area (Å²) in [4.78, 5) is 37.4. The SMILES string of the molecule is C#CCN1CCC2=C(C1)c1c(OC(=O)CCN3CCCCC3)cc(-c3ccccc3C)cc1OC2(C)C.O=C(O)C(O)C(O)C(=O)O. The zero-order valence-electron chi connectivity index (χ0n) is 27.2. The minimum atomic E-state index is -2.27. The standard InChI is InChI=1S/C32H38N2O3.C4H6O6/c1-5-15-34-18-13-27-26(22-34)31-28(36-30(35)14-19-33-16-9-6-10-17-33)20-24(21-29(31)37-32(27,3)4)25-12-8-7-11-23(25)2;5-1(3(7)8)2(6)4(9)10/h1,7-8,11-12,20-21H,6,9-10,13-19,22H2,2-4H3;1-2,5-6H,(H,7,8)(H,9,10). The molecule has 47 heavy (non-hydrogen) atoms. The van der Waals surface area contributed by atoms with Gasteiger partial charge >= 0.3 is 17.9 Å². The Morgan fingerprint density at radius 2 is 1.66 bits per heavy atom. The van der Waals surface area contributed by atoms with Crippen LogP contribution in [0.3, 0.4) is 0 Å². The van der Waals surface area contributed by atoms with E-state index in [0.29, 0.717) is 18.7 Å². The van der Waals surface area contributed by atoms with Crippen molar-refractivity contribution in [2.45, 2.75) is 70.7 Å². The van der Waals surface area contributed by atoms with Crippen LogP contribution in [0.25, 0.3) is 16.7 Å². The van der Waals surface area contributed by atoms with Crippen molar-refractivity contribution >= 4 is 23.5 Å². The molecular formula is C36H44N2O9. The van der Waals surface area contributed by atoms with E-state index in [4.69, 9.17) is 36.3 Å². The van der Waals surface area contributed by atoms with Crippen LogP contribution in [-0.2, 0) is 14.4 Å². The van der Waals surface area contributed by atoms with Gasteiger partial charge in [-0.2, -0.15) is 0 Å². The average Bonchev–Trinajstić information content (AvgIpc) is 3.03. The highest BCUT2D eigenvalue weighted by atomic mass is 16.5. The number of carboxylic acids is 2. The first-order chi connectivity index (χ1) is 22.3. The first-order valence-corrected chi connectivity index (χ1v) is 15.9. The Hall–Kier alpha value is -4.21. The molecule has 2 unspecified atom stereocenters. The van der Waals surface area contributed by atoms with Crippen molar-refractivity contribution in [3.8, 4) is 35.0 Å². The van der Waals surface area contributed by atoms with E-state index in [0.717, 1.165) is 67.1 Å². The second-order valence-corrected chi connectivity index (χ2v) is 12.6. The normalized spacial score (nSPS) is 18.6. The number of ether oxygens (including phenoxy) is 2. The Bertz CT molecular complexity index is 1530. The molecule has 5 rings (SSSR count). The van der Waals surface area contributed by atoms with Gasteiger partial charge in [0.15, 0.2) is 12.2 Å². The molecule has 4 N–H and O–H groups in total. The van der Waals surface area contributed by atoms with Gasteiger partial charge in [0.1, 0.15) is 17.1 Å². The van der Waals surface area contributed by atoms with E-state index >= 15 is 0 Å². The zero-order chi connectivity index (χ0) is 34.3. The van der Waals surface area contributed by atoms with E-state index in [-0.39, 0.29) is 5.97 Å². The average molecular weight is 649 g/mol. The number of aliphatic hydroxyl groups excluding tert-OH is 2. The van der Waals surface area contributed by atoms with Gasteiger partial charge in [0.05, 0.1) is 18.5 Å². The highest BCUT2D eigenvalue weighted by molar-refractivity contribution is 5.87. The number of esters is 1. The van der Waals surface area contributed by atoms with Crippen molar-refractivity contribution < 1.29 is 44.3 Å². The molecule has 2 aromatic carbocycles. The molecule has 252 valence electrons. The number of fused-ring (bicyclic) bond motifs is 2. The van der Waals surface area contributed by atoms with Crippen LogP contribution in [0.2, 0.25) is 0 Å². The summed E-state index contributed by atoms with van der Waals surface area (Å²) in [5.41, 5.74) is 6.18. The van der Waals surface area contributed by atoms with E-state index in [1.165, 1.54) is 30.4 Å². The van der Waals surface area contributed by atoms with Gasteiger partial charge in [0.25, 0.3) is 0 Å². The van der Waals surface area contributed by atoms with Gasteiger partial charge in [0, 0.05) is 19.6 Å². The summed E-state index contributed by atoms with van der Waals surface area (Å²) >= 11 is 0. The number of piperidine rings is 1. The first-order valence-electron chi connectivity index (χ1n) is 15.9. The van der Waals surface area contributed by atoms with E-state index in [2.05, 4.69) is 54.7 Å². The molecule has 3 heterocycles. The van der Waals surface area contributed by atoms with Crippen LogP contribution in [0.1, 0.15) is 57.1 Å². The van der Waals surface area contributed by atoms with Crippen molar-refractivity contribution in [1.82, 2.24) is 9.80 Å². The lowest BCUT2D eigenvalue weighted by atomic mass is 9.81. The zero-order valence-corrected chi connectivity index (χ0v) is 27.2. The van der Waals surface area contributed by atoms with Crippen LogP contribution in [0.5, 0.6) is 11.5 Å². The summed E-state index contributed by atoms with van der Waals surface area (Å²) < 4.78 is 12.8. The molecule has 2 aromatic rings. The van der Waals surface area contributed by atoms with Crippen molar-refractivity contribution in [2.75, 3.05) is 39.3 Å². The molecule has 1 fully saturated rings. The molecule has 0 amide bonds. The number of hydrogen-bond acceptors (Lipinski definition) is 9. The van der Waals surface area contributed by atoms with Gasteiger partial charge < -0.3 is 34.8 Å². The predicted octanol–water partition coefficient (Wildman–Crippen LogP) is 3.58. The smallest absolute Gasteiger partial charge is 0.335 e. The Morgan fingerprint density at radius 1 is 1.00 bits per heavy atom. The summed E-state index contributed by atoms with van der Waals surface area (Å²) in [6.07, 6.45) is 6.08. The van der Waals surface area contributed by atoms with Crippen LogP contribution >= 0.6 is 0 Å². The highest BCUT2D eigenvalue weighted by Gasteiger charge is 2.39. The summed E-state index contributed by atoms with van der Waals surface area (Å²) in [6.45, 7) is 11.5. The lowest BCUT2D eigenvalue weighted by Crippen LogP contribution is -2.42. The van der Waals surface area contributed by atoms with Crippen molar-refractivity contribution in [3.63, 3.8) is 0 Å². The molecule has 11 nitrogen and oxygen atoms in total. The largest absolute Gasteiger partial charge is 0.483 e. The number of aliphatic hydroxyl groups is 2. The molecule has 11 heteroatoms. The van der Waals surface area contributed by atoms with Crippen molar-refractivity contribution in [2.24, 2.45) is 0 Å². The Kier molecular flexibility index (Phi) is 11.8. The topological polar surface area (TPSA) is 157 Å². The Labute approximate surface area is 275 Å². The van der Waals surface area contributed by atoms with Gasteiger partial charge in [-0.1, -0.05) is 36.6 Å². The van der Waals surface area contributed by atoms with Gasteiger partial charge in [0.2, 0.25) is 0 Å². The molecule has 3 aliphatic rings. The first kappa shape index (κ1) is 35.6. The third kappa shape index (κ3) is 8.78. The maximum atomic E-state index is 13.2. The van der Waals surface area contributed by atoms with Gasteiger partial charge in [-0.15, -0.1) is 6.42 Å². The maximum Gasteiger partial charge on any atom is 0.335 e. The van der Waals surface area contributed by atoms with Gasteiger partial charge in [-0.25, -0.2) is 9.59 Å². The minimum Gasteiger partial charge on any atom is -0.483 e. The molecule has 2 atom stereocenters. The molecule has 0 bridgehead atoms. The number of hydrogen-bond donors (Lipinski definition) is 4. The number of aryl methyl sites for hydroxylation is 1. The molecule has 1 saturated heterocycles. The molecule has 0 aliphatic carbocycles. The summed E-state index contributed by atoms with van der Waals surface area (Å²) in [7, 11) is 0. The van der Waals surface area contributed by atoms with Crippen LogP contribution in [0, 0.1) is 19.3 Å². The van der Waals surface area contributed by atoms with Crippen LogP contribution in [0.4, 0.5) is 0 Å². The fourth-order valence-electron chi connectivity index (χ4n) is 6.29. The number of carboxylic acid groups (broad SMARTS) is 2. The Morgan fingerprint density at radius 3 is 2.28 bits per heavy atom. The molecule has 0 saturated carbocycles. The van der Waals surface area contributed by atoms with Crippen molar-refractivity contribution in [1.29, 1.82) is 0 Å². The lowest BCUT2D eigenvalue weighted by Gasteiger charge is -2.42. The molecule has 0 radical (unpaired) electrons. The lowest BCUT2D eigenvalue weighted by molar-refractivity contribution is -0.165. The van der Waals surface area contributed by atoms with E-state index < -0.39 is 29.7 Å². The number of nitrogens with zero attached hydrogens (tertiary/aromatic N) is 2. The van der Waals surface area contributed by atoms with Crippen LogP contribution in [-0.4, -0.2) is 105 Å². The van der Waals surface area contributed by atoms with E-state index in [1.54, 1.807) is 0 Å². The number of likely N-dealkylation sites (tertiary alicyclic amines) is 1. The fourth-order valence-corrected chi connectivity index (χ4v) is 6.29. The molecule has 0 spiro atoms. The second kappa shape index (κ2) is 15.6. The van der Waals surface area contributed by atoms with E-state index in [9.17, 15) is 14.4 Å². The monoisotopic (exact) mass is 648 g/mol. The third-order valence-corrected chi connectivity index (χ3v) is 8.76. The maximum absolute atomic E-state index is 13.2. The molecular weight excluding hydrogens is 604 g/mol. The van der Waals surface area contributed by atoms with Gasteiger partial charge in [-0.05, 0) is 93.1 Å². The van der Waals surface area contributed by atoms with Crippen LogP contribution in [0.15, 0.2) is 42.0 Å². The summed E-state index contributed by atoms with van der Waals surface area (Å²) in [5, 5.41) is 32.5. The Balaban J connectivity index is 0.000000434. The number of terminal acetylenes is 1. The summed E-state index contributed by atoms with van der Waals surface area (Å²) in [5.74, 6) is 0.415. The summed E-state index contributed by atoms with van der Waals surface area (Å²) in [6, 6.07) is 12.4. The fraction of sp³-hybridized carbons (Fsp3) is 0.472.